The van der Waals surface area contributed by atoms with Gasteiger partial charge < -0.3 is 14.5 Å². The molecule has 0 spiro atoms. The predicted molar refractivity (Wildman–Crippen MR) is 86.1 cm³/mol. The van der Waals surface area contributed by atoms with Crippen LogP contribution in [-0.4, -0.2) is 52.2 Å². The van der Waals surface area contributed by atoms with E-state index in [2.05, 4.69) is 21.8 Å². The van der Waals surface area contributed by atoms with Gasteiger partial charge in [0.05, 0.1) is 0 Å². The van der Waals surface area contributed by atoms with Crippen LogP contribution in [0.4, 0.5) is 10.7 Å². The Bertz CT molecular complexity index is 533. The van der Waals surface area contributed by atoms with Crippen LogP contribution in [0.15, 0.2) is 6.07 Å². The average molecular weight is 306 g/mol. The van der Waals surface area contributed by atoms with Crippen LogP contribution in [0.25, 0.3) is 0 Å². The standard InChI is InChI=1S/C16H26N4O2/c1-11-9-12(2)18-14(17-11)20-8-7-19(10-13(20)3)15(21)22-16(4,5)6/h9,13H,7-8,10H2,1-6H3/t13-/m0/s1. The molecule has 0 N–H and O–H groups in total. The number of piperazine rings is 1. The molecule has 6 nitrogen and oxygen atoms in total. The Balaban J connectivity index is 2.05. The third-order valence-electron chi connectivity index (χ3n) is 3.51. The SMILES string of the molecule is Cc1cc(C)nc(N2CCN(C(=O)OC(C)(C)C)C[C@@H]2C)n1. The van der Waals surface area contributed by atoms with Crippen molar-refractivity contribution in [3.8, 4) is 0 Å². The summed E-state index contributed by atoms with van der Waals surface area (Å²) >= 11 is 0. The molecule has 1 fully saturated rings. The van der Waals surface area contributed by atoms with E-state index in [-0.39, 0.29) is 12.1 Å². The highest BCUT2D eigenvalue weighted by Crippen LogP contribution is 2.19. The molecule has 0 saturated carbocycles. The molecule has 122 valence electrons. The summed E-state index contributed by atoms with van der Waals surface area (Å²) in [5, 5.41) is 0. The smallest absolute Gasteiger partial charge is 0.410 e. The lowest BCUT2D eigenvalue weighted by Crippen LogP contribution is -2.55. The molecule has 0 aromatic carbocycles. The molecule has 0 unspecified atom stereocenters. The van der Waals surface area contributed by atoms with Gasteiger partial charge in [0.2, 0.25) is 5.95 Å². The van der Waals surface area contributed by atoms with Gasteiger partial charge in [0.15, 0.2) is 0 Å². The topological polar surface area (TPSA) is 58.6 Å². The largest absolute Gasteiger partial charge is 0.444 e. The highest BCUT2D eigenvalue weighted by Gasteiger charge is 2.31. The highest BCUT2D eigenvalue weighted by atomic mass is 16.6. The number of aryl methyl sites for hydroxylation is 2. The summed E-state index contributed by atoms with van der Waals surface area (Å²) in [4.78, 5) is 25.1. The lowest BCUT2D eigenvalue weighted by atomic mass is 10.2. The predicted octanol–water partition coefficient (Wildman–Crippen LogP) is 2.54. The molecule has 1 aromatic heterocycles. The maximum absolute atomic E-state index is 12.2. The number of carbonyl (C=O) groups excluding carboxylic acids is 1. The number of aromatic nitrogens is 2. The maximum atomic E-state index is 12.2. The first-order valence-corrected chi connectivity index (χ1v) is 7.72. The number of hydrogen-bond donors (Lipinski definition) is 0. The molecular weight excluding hydrogens is 280 g/mol. The van der Waals surface area contributed by atoms with E-state index in [1.807, 2.05) is 40.7 Å². The molecule has 2 rings (SSSR count). The molecule has 1 amide bonds. The van der Waals surface area contributed by atoms with Crippen molar-refractivity contribution in [1.29, 1.82) is 0 Å². The van der Waals surface area contributed by atoms with Crippen LogP contribution in [-0.2, 0) is 4.74 Å². The first kappa shape index (κ1) is 16.5. The summed E-state index contributed by atoms with van der Waals surface area (Å²) in [5.41, 5.74) is 1.46. The van der Waals surface area contributed by atoms with Gasteiger partial charge in [-0.15, -0.1) is 0 Å². The van der Waals surface area contributed by atoms with Crippen LogP contribution in [0.1, 0.15) is 39.1 Å². The second-order valence-electron chi connectivity index (χ2n) is 6.92. The molecule has 1 atom stereocenters. The molecule has 1 aromatic rings. The van der Waals surface area contributed by atoms with Gasteiger partial charge in [0, 0.05) is 37.1 Å². The number of hydrogen-bond acceptors (Lipinski definition) is 5. The van der Waals surface area contributed by atoms with Gasteiger partial charge in [-0.05, 0) is 47.6 Å². The van der Waals surface area contributed by atoms with Gasteiger partial charge in [-0.25, -0.2) is 14.8 Å². The van der Waals surface area contributed by atoms with Crippen molar-refractivity contribution in [2.45, 2.75) is 53.2 Å². The van der Waals surface area contributed by atoms with Crippen molar-refractivity contribution in [3.63, 3.8) is 0 Å². The van der Waals surface area contributed by atoms with Crippen molar-refractivity contribution >= 4 is 12.0 Å². The zero-order valence-corrected chi connectivity index (χ0v) is 14.4. The van der Waals surface area contributed by atoms with Crippen LogP contribution in [0, 0.1) is 13.8 Å². The van der Waals surface area contributed by atoms with Crippen molar-refractivity contribution in [3.05, 3.63) is 17.5 Å². The Morgan fingerprint density at radius 3 is 2.32 bits per heavy atom. The molecule has 6 heteroatoms. The third-order valence-corrected chi connectivity index (χ3v) is 3.51. The Morgan fingerprint density at radius 1 is 1.23 bits per heavy atom. The van der Waals surface area contributed by atoms with Crippen LogP contribution in [0.5, 0.6) is 0 Å². The van der Waals surface area contributed by atoms with Gasteiger partial charge in [-0.1, -0.05) is 0 Å². The Labute approximate surface area is 132 Å². The summed E-state index contributed by atoms with van der Waals surface area (Å²) in [7, 11) is 0. The van der Waals surface area contributed by atoms with E-state index in [4.69, 9.17) is 4.74 Å². The number of nitrogens with zero attached hydrogens (tertiary/aromatic N) is 4. The minimum absolute atomic E-state index is 0.155. The van der Waals surface area contributed by atoms with E-state index in [0.717, 1.165) is 17.3 Å². The molecule has 1 aliphatic rings. The maximum Gasteiger partial charge on any atom is 0.410 e. The lowest BCUT2D eigenvalue weighted by molar-refractivity contribution is 0.0218. The number of amides is 1. The van der Waals surface area contributed by atoms with Crippen LogP contribution >= 0.6 is 0 Å². The molecule has 2 heterocycles. The fourth-order valence-electron chi connectivity index (χ4n) is 2.58. The Morgan fingerprint density at radius 2 is 1.82 bits per heavy atom. The average Bonchev–Trinajstić information content (AvgIpc) is 2.35. The summed E-state index contributed by atoms with van der Waals surface area (Å²) in [6.07, 6.45) is -0.250. The summed E-state index contributed by atoms with van der Waals surface area (Å²) < 4.78 is 5.44. The Kier molecular flexibility index (Phi) is 4.58. The van der Waals surface area contributed by atoms with Crippen molar-refractivity contribution in [2.75, 3.05) is 24.5 Å². The lowest BCUT2D eigenvalue weighted by Gasteiger charge is -2.40. The first-order valence-electron chi connectivity index (χ1n) is 7.72. The van der Waals surface area contributed by atoms with E-state index in [0.29, 0.717) is 19.6 Å². The molecule has 1 aliphatic heterocycles. The minimum Gasteiger partial charge on any atom is -0.444 e. The Hall–Kier alpha value is -1.85. The van der Waals surface area contributed by atoms with Gasteiger partial charge in [0.1, 0.15) is 5.60 Å². The highest BCUT2D eigenvalue weighted by molar-refractivity contribution is 5.68. The number of rotatable bonds is 1. The van der Waals surface area contributed by atoms with E-state index in [1.165, 1.54) is 0 Å². The molecule has 22 heavy (non-hydrogen) atoms. The van der Waals surface area contributed by atoms with Crippen LogP contribution in [0.3, 0.4) is 0 Å². The molecule has 0 bridgehead atoms. The van der Waals surface area contributed by atoms with Gasteiger partial charge in [-0.3, -0.25) is 0 Å². The number of carbonyl (C=O) groups is 1. The molecule has 1 saturated heterocycles. The van der Waals surface area contributed by atoms with Crippen LogP contribution in [0.2, 0.25) is 0 Å². The summed E-state index contributed by atoms with van der Waals surface area (Å²) in [6.45, 7) is 13.6. The summed E-state index contributed by atoms with van der Waals surface area (Å²) in [6, 6.07) is 2.12. The fraction of sp³-hybridized carbons (Fsp3) is 0.688. The third kappa shape index (κ3) is 4.08. The zero-order chi connectivity index (χ0) is 16.5. The van der Waals surface area contributed by atoms with Crippen molar-refractivity contribution in [1.82, 2.24) is 14.9 Å². The molecular formula is C16H26N4O2. The first-order chi connectivity index (χ1) is 10.2. The van der Waals surface area contributed by atoms with Crippen molar-refractivity contribution < 1.29 is 9.53 Å². The second-order valence-corrected chi connectivity index (χ2v) is 6.92. The fourth-order valence-corrected chi connectivity index (χ4v) is 2.58. The van der Waals surface area contributed by atoms with Crippen LogP contribution < -0.4 is 4.90 Å². The van der Waals surface area contributed by atoms with E-state index < -0.39 is 5.60 Å². The van der Waals surface area contributed by atoms with E-state index in [1.54, 1.807) is 4.90 Å². The normalized spacial score (nSPS) is 19.3. The minimum atomic E-state index is -0.464. The number of anilines is 1. The van der Waals surface area contributed by atoms with Gasteiger partial charge >= 0.3 is 6.09 Å². The van der Waals surface area contributed by atoms with Crippen molar-refractivity contribution in [2.24, 2.45) is 0 Å². The van der Waals surface area contributed by atoms with E-state index in [9.17, 15) is 4.79 Å². The molecule has 0 radical (unpaired) electrons. The number of ether oxygens (including phenoxy) is 1. The van der Waals surface area contributed by atoms with Gasteiger partial charge in [0.25, 0.3) is 0 Å². The second kappa shape index (κ2) is 6.10. The zero-order valence-electron chi connectivity index (χ0n) is 14.4. The quantitative estimate of drug-likeness (QED) is 0.798. The van der Waals surface area contributed by atoms with Gasteiger partial charge in [-0.2, -0.15) is 0 Å². The molecule has 0 aliphatic carbocycles. The monoisotopic (exact) mass is 306 g/mol. The van der Waals surface area contributed by atoms with E-state index >= 15 is 0 Å². The summed E-state index contributed by atoms with van der Waals surface area (Å²) in [5.74, 6) is 0.744.